The van der Waals surface area contributed by atoms with Gasteiger partial charge in [-0.05, 0) is 46.6 Å². The standard InChI is InChI=1S/C13H8BrClN2O/c1-7-4-9(10(6-16)13(18)17-7)8-2-3-11(14)12(15)5-8/h2-5H,1H3,(H,17,18). The predicted molar refractivity (Wildman–Crippen MR) is 74.7 cm³/mol. The fourth-order valence-electron chi connectivity index (χ4n) is 1.69. The Balaban J connectivity index is 2.75. The zero-order valence-corrected chi connectivity index (χ0v) is 11.8. The molecule has 0 saturated carbocycles. The number of aromatic amines is 1. The third-order valence-corrected chi connectivity index (χ3v) is 3.74. The minimum absolute atomic E-state index is 0.0963. The highest BCUT2D eigenvalue weighted by atomic mass is 79.9. The Labute approximate surface area is 117 Å². The number of nitriles is 1. The van der Waals surface area contributed by atoms with Crippen LogP contribution < -0.4 is 5.56 Å². The molecule has 0 spiro atoms. The molecule has 0 bridgehead atoms. The third kappa shape index (κ3) is 2.33. The minimum Gasteiger partial charge on any atom is -0.325 e. The largest absolute Gasteiger partial charge is 0.325 e. The van der Waals surface area contributed by atoms with E-state index in [0.29, 0.717) is 16.3 Å². The van der Waals surface area contributed by atoms with Crippen molar-refractivity contribution in [2.24, 2.45) is 0 Å². The normalized spacial score (nSPS) is 10.1. The van der Waals surface area contributed by atoms with Crippen LogP contribution in [0.15, 0.2) is 33.5 Å². The molecule has 0 saturated heterocycles. The summed E-state index contributed by atoms with van der Waals surface area (Å²) in [5.41, 5.74) is 1.75. The van der Waals surface area contributed by atoms with Crippen LogP contribution in [0.25, 0.3) is 11.1 Å². The highest BCUT2D eigenvalue weighted by Crippen LogP contribution is 2.29. The SMILES string of the molecule is Cc1cc(-c2ccc(Br)c(Cl)c2)c(C#N)c(=O)[nH]1. The van der Waals surface area contributed by atoms with Crippen LogP contribution >= 0.6 is 27.5 Å². The fourth-order valence-corrected chi connectivity index (χ4v) is 2.12. The molecule has 1 aromatic heterocycles. The maximum absolute atomic E-state index is 11.7. The van der Waals surface area contributed by atoms with E-state index in [1.165, 1.54) is 0 Å². The third-order valence-electron chi connectivity index (χ3n) is 2.51. The van der Waals surface area contributed by atoms with Crippen molar-refractivity contribution in [2.45, 2.75) is 6.92 Å². The molecule has 5 heteroatoms. The van der Waals surface area contributed by atoms with Crippen LogP contribution in [-0.2, 0) is 0 Å². The lowest BCUT2D eigenvalue weighted by molar-refractivity contribution is 1.13. The number of rotatable bonds is 1. The molecule has 0 fully saturated rings. The highest BCUT2D eigenvalue weighted by molar-refractivity contribution is 9.10. The Hall–Kier alpha value is -1.57. The van der Waals surface area contributed by atoms with Crippen LogP contribution in [0.2, 0.25) is 5.02 Å². The van der Waals surface area contributed by atoms with Gasteiger partial charge in [0.05, 0.1) is 5.02 Å². The molecule has 1 N–H and O–H groups in total. The van der Waals surface area contributed by atoms with Crippen molar-refractivity contribution in [1.82, 2.24) is 4.98 Å². The van der Waals surface area contributed by atoms with E-state index < -0.39 is 0 Å². The van der Waals surface area contributed by atoms with Gasteiger partial charge in [-0.1, -0.05) is 17.7 Å². The molecule has 0 radical (unpaired) electrons. The first-order chi connectivity index (χ1) is 8.52. The molecule has 0 aliphatic rings. The monoisotopic (exact) mass is 322 g/mol. The van der Waals surface area contributed by atoms with Crippen LogP contribution in [-0.4, -0.2) is 4.98 Å². The van der Waals surface area contributed by atoms with E-state index in [1.54, 1.807) is 25.1 Å². The summed E-state index contributed by atoms with van der Waals surface area (Å²) in [6, 6.07) is 9.01. The van der Waals surface area contributed by atoms with Gasteiger partial charge >= 0.3 is 0 Å². The van der Waals surface area contributed by atoms with Gasteiger partial charge in [0.2, 0.25) is 0 Å². The van der Waals surface area contributed by atoms with Gasteiger partial charge in [0.15, 0.2) is 0 Å². The van der Waals surface area contributed by atoms with Crippen molar-refractivity contribution in [3.05, 3.63) is 55.4 Å². The number of nitrogens with zero attached hydrogens (tertiary/aromatic N) is 1. The Kier molecular flexibility index (Phi) is 3.55. The molecule has 1 heterocycles. The number of aryl methyl sites for hydroxylation is 1. The van der Waals surface area contributed by atoms with Gasteiger partial charge in [-0.25, -0.2) is 0 Å². The summed E-state index contributed by atoms with van der Waals surface area (Å²) in [5.74, 6) is 0. The molecule has 3 nitrogen and oxygen atoms in total. The summed E-state index contributed by atoms with van der Waals surface area (Å²) >= 11 is 9.32. The molecule has 18 heavy (non-hydrogen) atoms. The van der Waals surface area contributed by atoms with Crippen LogP contribution in [0.3, 0.4) is 0 Å². The second-order valence-electron chi connectivity index (χ2n) is 3.81. The second-order valence-corrected chi connectivity index (χ2v) is 5.07. The molecule has 90 valence electrons. The second kappa shape index (κ2) is 4.97. The molecule has 0 amide bonds. The van der Waals surface area contributed by atoms with Crippen LogP contribution in [0.4, 0.5) is 0 Å². The Morgan fingerprint density at radius 2 is 2.11 bits per heavy atom. The van der Waals surface area contributed by atoms with Crippen molar-refractivity contribution in [3.63, 3.8) is 0 Å². The van der Waals surface area contributed by atoms with Gasteiger partial charge in [0, 0.05) is 15.7 Å². The topological polar surface area (TPSA) is 56.6 Å². The maximum atomic E-state index is 11.7. The fraction of sp³-hybridized carbons (Fsp3) is 0.0769. The summed E-state index contributed by atoms with van der Waals surface area (Å²) in [6.07, 6.45) is 0. The Morgan fingerprint density at radius 1 is 1.39 bits per heavy atom. The van der Waals surface area contributed by atoms with E-state index in [4.69, 9.17) is 16.9 Å². The van der Waals surface area contributed by atoms with Gasteiger partial charge < -0.3 is 4.98 Å². The quantitative estimate of drug-likeness (QED) is 0.871. The zero-order chi connectivity index (χ0) is 13.3. The van der Waals surface area contributed by atoms with Gasteiger partial charge in [0.1, 0.15) is 11.6 Å². The summed E-state index contributed by atoms with van der Waals surface area (Å²) in [4.78, 5) is 14.3. The van der Waals surface area contributed by atoms with Crippen molar-refractivity contribution < 1.29 is 0 Å². The van der Waals surface area contributed by atoms with Crippen molar-refractivity contribution >= 4 is 27.5 Å². The number of pyridine rings is 1. The zero-order valence-electron chi connectivity index (χ0n) is 9.42. The molecule has 2 aromatic rings. The number of H-pyrrole nitrogens is 1. The molecule has 0 aliphatic carbocycles. The van der Waals surface area contributed by atoms with Crippen molar-refractivity contribution in [1.29, 1.82) is 5.26 Å². The molecule has 1 aromatic carbocycles. The lowest BCUT2D eigenvalue weighted by Gasteiger charge is -2.06. The number of nitrogens with one attached hydrogen (secondary N) is 1. The van der Waals surface area contributed by atoms with E-state index >= 15 is 0 Å². The highest BCUT2D eigenvalue weighted by Gasteiger charge is 2.11. The molecular weight excluding hydrogens is 316 g/mol. The van der Waals surface area contributed by atoms with Crippen LogP contribution in [0, 0.1) is 18.3 Å². The lowest BCUT2D eigenvalue weighted by atomic mass is 10.0. The summed E-state index contributed by atoms with van der Waals surface area (Å²) in [6.45, 7) is 1.77. The molecule has 2 rings (SSSR count). The first-order valence-corrected chi connectivity index (χ1v) is 6.29. The van der Waals surface area contributed by atoms with Gasteiger partial charge in [0.25, 0.3) is 5.56 Å². The van der Waals surface area contributed by atoms with E-state index in [2.05, 4.69) is 20.9 Å². The van der Waals surface area contributed by atoms with E-state index in [-0.39, 0.29) is 11.1 Å². The molecule has 0 atom stereocenters. The number of aromatic nitrogens is 1. The first kappa shape index (κ1) is 12.9. The summed E-state index contributed by atoms with van der Waals surface area (Å²) in [5, 5.41) is 9.60. The molecule has 0 aliphatic heterocycles. The summed E-state index contributed by atoms with van der Waals surface area (Å²) in [7, 11) is 0. The maximum Gasteiger partial charge on any atom is 0.266 e. The lowest BCUT2D eigenvalue weighted by Crippen LogP contribution is -2.12. The number of halogens is 2. The van der Waals surface area contributed by atoms with E-state index in [9.17, 15) is 4.79 Å². The number of benzene rings is 1. The summed E-state index contributed by atoms with van der Waals surface area (Å²) < 4.78 is 0.771. The van der Waals surface area contributed by atoms with Crippen LogP contribution in [0.5, 0.6) is 0 Å². The van der Waals surface area contributed by atoms with Crippen molar-refractivity contribution in [2.75, 3.05) is 0 Å². The minimum atomic E-state index is -0.383. The number of hydrogen-bond donors (Lipinski definition) is 1. The van der Waals surface area contributed by atoms with E-state index in [0.717, 1.165) is 10.0 Å². The van der Waals surface area contributed by atoms with Gasteiger partial charge in [-0.2, -0.15) is 5.26 Å². The van der Waals surface area contributed by atoms with E-state index in [1.807, 2.05) is 12.1 Å². The molecular formula is C13H8BrClN2O. The van der Waals surface area contributed by atoms with Crippen LogP contribution in [0.1, 0.15) is 11.3 Å². The van der Waals surface area contributed by atoms with Crippen molar-refractivity contribution in [3.8, 4) is 17.2 Å². The molecule has 0 unspecified atom stereocenters. The predicted octanol–water partition coefficient (Wildman–Crippen LogP) is 3.64. The van der Waals surface area contributed by atoms with Gasteiger partial charge in [-0.3, -0.25) is 4.79 Å². The average molecular weight is 324 g/mol. The average Bonchev–Trinajstić information content (AvgIpc) is 2.32. The smallest absolute Gasteiger partial charge is 0.266 e. The first-order valence-electron chi connectivity index (χ1n) is 5.12. The Bertz CT molecular complexity index is 716. The number of hydrogen-bond acceptors (Lipinski definition) is 2. The Morgan fingerprint density at radius 3 is 2.72 bits per heavy atom. The van der Waals surface area contributed by atoms with Gasteiger partial charge in [-0.15, -0.1) is 0 Å².